The van der Waals surface area contributed by atoms with Crippen molar-refractivity contribution in [1.29, 1.82) is 0 Å². The van der Waals surface area contributed by atoms with Gasteiger partial charge in [-0.15, -0.1) is 0 Å². The summed E-state index contributed by atoms with van der Waals surface area (Å²) in [5.41, 5.74) is 2.57. The van der Waals surface area contributed by atoms with Gasteiger partial charge in [-0.05, 0) is 43.2 Å². The Labute approximate surface area is 147 Å². The summed E-state index contributed by atoms with van der Waals surface area (Å²) >= 11 is 0. The minimum Gasteiger partial charge on any atom is -0.394 e. The monoisotopic (exact) mass is 344 g/mol. The molecule has 2 aromatic rings. The Morgan fingerprint density at radius 2 is 1.52 bits per heavy atom. The molecule has 0 atom stereocenters. The van der Waals surface area contributed by atoms with E-state index in [0.29, 0.717) is 11.3 Å². The van der Waals surface area contributed by atoms with E-state index in [4.69, 9.17) is 0 Å². The van der Waals surface area contributed by atoms with E-state index in [1.807, 2.05) is 38.1 Å². The zero-order valence-corrected chi connectivity index (χ0v) is 14.4. The molecule has 0 fully saturated rings. The molecular weight excluding hydrogens is 320 g/mol. The number of nitrogens with one attached hydrogen (secondary N) is 2. The highest BCUT2D eigenvalue weighted by Gasteiger charge is 2.31. The second-order valence-electron chi connectivity index (χ2n) is 6.13. The molecule has 0 aliphatic heterocycles. The smallest absolute Gasteiger partial charge is 0.254 e. The van der Waals surface area contributed by atoms with E-state index < -0.39 is 31.3 Å². The van der Waals surface area contributed by atoms with Gasteiger partial charge < -0.3 is 26.0 Å². The maximum absolute atomic E-state index is 12.6. The summed E-state index contributed by atoms with van der Waals surface area (Å²) in [6, 6.07) is 12.8. The summed E-state index contributed by atoms with van der Waals surface area (Å²) < 4.78 is 0. The summed E-state index contributed by atoms with van der Waals surface area (Å²) in [7, 11) is 0. The van der Waals surface area contributed by atoms with Crippen LogP contribution in [-0.2, 0) is 0 Å². The van der Waals surface area contributed by atoms with Crippen LogP contribution in [0.1, 0.15) is 21.5 Å². The van der Waals surface area contributed by atoms with Crippen LogP contribution < -0.4 is 10.6 Å². The maximum Gasteiger partial charge on any atom is 0.254 e. The molecule has 0 aliphatic carbocycles. The Morgan fingerprint density at radius 3 is 2.16 bits per heavy atom. The fourth-order valence-corrected chi connectivity index (χ4v) is 2.40. The fourth-order valence-electron chi connectivity index (χ4n) is 2.40. The van der Waals surface area contributed by atoms with Crippen LogP contribution >= 0.6 is 0 Å². The molecule has 5 N–H and O–H groups in total. The zero-order valence-electron chi connectivity index (χ0n) is 14.4. The number of hydrogen-bond donors (Lipinski definition) is 5. The van der Waals surface area contributed by atoms with Crippen molar-refractivity contribution in [2.75, 3.05) is 25.1 Å². The molecule has 0 aliphatic rings. The lowest BCUT2D eigenvalue weighted by Crippen LogP contribution is -2.57. The number of rotatable bonds is 7. The molecule has 6 heteroatoms. The highest BCUT2D eigenvalue weighted by Crippen LogP contribution is 2.25. The van der Waals surface area contributed by atoms with Crippen LogP contribution in [0.4, 0.5) is 11.4 Å². The molecule has 25 heavy (non-hydrogen) atoms. The first-order chi connectivity index (χ1) is 12.0. The molecule has 0 aromatic heterocycles. The summed E-state index contributed by atoms with van der Waals surface area (Å²) in [6.45, 7) is 2.29. The zero-order chi connectivity index (χ0) is 18.4. The summed E-state index contributed by atoms with van der Waals surface area (Å²) in [5.74, 6) is -0.495. The normalized spacial score (nSPS) is 11.2. The van der Waals surface area contributed by atoms with Gasteiger partial charge in [0.2, 0.25) is 0 Å². The SMILES string of the molecule is Cc1cccc(Nc2ccccc2C(=O)NC(CO)(CO)CO)c1C. The fraction of sp³-hybridized carbons (Fsp3) is 0.316. The molecule has 0 heterocycles. The topological polar surface area (TPSA) is 102 Å². The molecule has 1 amide bonds. The molecule has 2 aromatic carbocycles. The van der Waals surface area contributed by atoms with Crippen molar-refractivity contribution >= 4 is 17.3 Å². The van der Waals surface area contributed by atoms with Crippen molar-refractivity contribution < 1.29 is 20.1 Å². The summed E-state index contributed by atoms with van der Waals surface area (Å²) in [4.78, 5) is 12.6. The van der Waals surface area contributed by atoms with Crippen molar-refractivity contribution in [1.82, 2.24) is 5.32 Å². The molecule has 134 valence electrons. The Hall–Kier alpha value is -2.41. The lowest BCUT2D eigenvalue weighted by atomic mass is 10.0. The summed E-state index contributed by atoms with van der Waals surface area (Å²) in [6.07, 6.45) is 0. The Bertz CT molecular complexity index is 734. The first kappa shape index (κ1) is 18.9. The van der Waals surface area contributed by atoms with Gasteiger partial charge in [0.05, 0.1) is 31.1 Å². The molecule has 6 nitrogen and oxygen atoms in total. The number of benzene rings is 2. The Morgan fingerprint density at radius 1 is 0.920 bits per heavy atom. The van der Waals surface area contributed by atoms with E-state index in [9.17, 15) is 20.1 Å². The highest BCUT2D eigenvalue weighted by molar-refractivity contribution is 6.00. The number of aliphatic hydroxyl groups excluding tert-OH is 3. The number of carbonyl (C=O) groups is 1. The quantitative estimate of drug-likeness (QED) is 0.524. The highest BCUT2D eigenvalue weighted by atomic mass is 16.3. The molecule has 2 rings (SSSR count). The third kappa shape index (κ3) is 4.17. The molecule has 0 spiro atoms. The number of aryl methyl sites for hydroxylation is 1. The van der Waals surface area contributed by atoms with Crippen LogP contribution in [0.2, 0.25) is 0 Å². The van der Waals surface area contributed by atoms with Gasteiger partial charge in [0.25, 0.3) is 5.91 Å². The van der Waals surface area contributed by atoms with Crippen molar-refractivity contribution in [3.8, 4) is 0 Å². The second-order valence-corrected chi connectivity index (χ2v) is 6.13. The first-order valence-corrected chi connectivity index (χ1v) is 8.03. The average molecular weight is 344 g/mol. The molecule has 0 bridgehead atoms. The lowest BCUT2D eigenvalue weighted by molar-refractivity contribution is 0.0375. The summed E-state index contributed by atoms with van der Waals surface area (Å²) in [5, 5.41) is 34.0. The van der Waals surface area contributed by atoms with Gasteiger partial charge in [-0.3, -0.25) is 4.79 Å². The van der Waals surface area contributed by atoms with Gasteiger partial charge >= 0.3 is 0 Å². The van der Waals surface area contributed by atoms with Gasteiger partial charge in [0.1, 0.15) is 5.54 Å². The van der Waals surface area contributed by atoms with Gasteiger partial charge in [0, 0.05) is 5.69 Å². The largest absolute Gasteiger partial charge is 0.394 e. The number of amides is 1. The Balaban J connectivity index is 2.31. The van der Waals surface area contributed by atoms with Crippen molar-refractivity contribution in [2.24, 2.45) is 0 Å². The third-order valence-electron chi connectivity index (χ3n) is 4.33. The van der Waals surface area contributed by atoms with Gasteiger partial charge in [-0.1, -0.05) is 24.3 Å². The van der Waals surface area contributed by atoms with Crippen LogP contribution in [0.15, 0.2) is 42.5 Å². The average Bonchev–Trinajstić information content (AvgIpc) is 2.64. The van der Waals surface area contributed by atoms with E-state index in [-0.39, 0.29) is 0 Å². The van der Waals surface area contributed by atoms with E-state index in [1.54, 1.807) is 18.2 Å². The molecule has 0 unspecified atom stereocenters. The van der Waals surface area contributed by atoms with E-state index in [1.165, 1.54) is 0 Å². The van der Waals surface area contributed by atoms with E-state index in [0.717, 1.165) is 16.8 Å². The minimum absolute atomic E-state index is 0.350. The van der Waals surface area contributed by atoms with Gasteiger partial charge in [-0.25, -0.2) is 0 Å². The van der Waals surface area contributed by atoms with E-state index in [2.05, 4.69) is 10.6 Å². The molecule has 0 saturated heterocycles. The number of carbonyl (C=O) groups excluding carboxylic acids is 1. The van der Waals surface area contributed by atoms with Gasteiger partial charge in [0.15, 0.2) is 0 Å². The van der Waals surface area contributed by atoms with Crippen LogP contribution in [0, 0.1) is 13.8 Å². The van der Waals surface area contributed by atoms with Crippen LogP contribution in [0.5, 0.6) is 0 Å². The Kier molecular flexibility index (Phi) is 6.14. The minimum atomic E-state index is -1.47. The number of anilines is 2. The van der Waals surface area contributed by atoms with E-state index >= 15 is 0 Å². The van der Waals surface area contributed by atoms with Crippen LogP contribution in [0.3, 0.4) is 0 Å². The standard InChI is InChI=1S/C19H24N2O4/c1-13-6-5-9-16(14(13)2)20-17-8-4-3-7-15(17)18(25)21-19(10-22,11-23)12-24/h3-9,20,22-24H,10-12H2,1-2H3,(H,21,25). The van der Waals surface area contributed by atoms with Crippen molar-refractivity contribution in [3.63, 3.8) is 0 Å². The van der Waals surface area contributed by atoms with Crippen molar-refractivity contribution in [3.05, 3.63) is 59.2 Å². The predicted octanol–water partition coefficient (Wildman–Crippen LogP) is 1.49. The predicted molar refractivity (Wildman–Crippen MR) is 97.1 cm³/mol. The third-order valence-corrected chi connectivity index (χ3v) is 4.33. The first-order valence-electron chi connectivity index (χ1n) is 8.03. The lowest BCUT2D eigenvalue weighted by Gasteiger charge is -2.29. The number of aliphatic hydroxyl groups is 3. The molecule has 0 saturated carbocycles. The second kappa shape index (κ2) is 8.11. The molecular formula is C19H24N2O4. The van der Waals surface area contributed by atoms with Crippen LogP contribution in [-0.4, -0.2) is 46.6 Å². The molecule has 0 radical (unpaired) electrons. The van der Waals surface area contributed by atoms with Crippen molar-refractivity contribution in [2.45, 2.75) is 19.4 Å². The maximum atomic E-state index is 12.6. The van der Waals surface area contributed by atoms with Gasteiger partial charge in [-0.2, -0.15) is 0 Å². The van der Waals surface area contributed by atoms with Crippen LogP contribution in [0.25, 0.3) is 0 Å². The number of hydrogen-bond acceptors (Lipinski definition) is 5. The number of para-hydroxylation sites is 1.